The van der Waals surface area contributed by atoms with Crippen LogP contribution in [0.1, 0.15) is 0 Å². The lowest BCUT2D eigenvalue weighted by atomic mass is 10.1. The number of pyridine rings is 1. The van der Waals surface area contributed by atoms with E-state index >= 15 is 0 Å². The van der Waals surface area contributed by atoms with E-state index in [1.807, 2.05) is 6.07 Å². The molecule has 3 heteroatoms. The largest absolute Gasteiger partial charge is 1.00 e. The third-order valence-electron chi connectivity index (χ3n) is 4.09. The summed E-state index contributed by atoms with van der Waals surface area (Å²) in [5.74, 6) is 0.921. The molecule has 0 fully saturated rings. The number of benzene rings is 3. The third kappa shape index (κ3) is 3.50. The summed E-state index contributed by atoms with van der Waals surface area (Å²) in [6, 6.07) is 25.1. The summed E-state index contributed by atoms with van der Waals surface area (Å²) < 4.78 is 8.08. The van der Waals surface area contributed by atoms with Gasteiger partial charge in [0.25, 0.3) is 0 Å². The lowest BCUT2D eigenvalue weighted by Gasteiger charge is -2.06. The molecule has 2 nitrogen and oxygen atoms in total. The maximum absolute atomic E-state index is 5.91. The topological polar surface area (TPSA) is 13.1 Å². The van der Waals surface area contributed by atoms with Crippen molar-refractivity contribution < 1.29 is 21.7 Å². The highest BCUT2D eigenvalue weighted by Gasteiger charge is 2.04. The highest BCUT2D eigenvalue weighted by Crippen LogP contribution is 2.20. The van der Waals surface area contributed by atoms with E-state index in [2.05, 4.69) is 83.7 Å². The Morgan fingerprint density at radius 3 is 2.17 bits per heavy atom. The van der Waals surface area contributed by atoms with E-state index < -0.39 is 0 Å². The molecule has 1 aromatic heterocycles. The van der Waals surface area contributed by atoms with Gasteiger partial charge in [-0.2, -0.15) is 0 Å². The van der Waals surface area contributed by atoms with Gasteiger partial charge in [-0.1, -0.05) is 48.5 Å². The average molecular weight is 336 g/mol. The van der Waals surface area contributed by atoms with Crippen LogP contribution in [0.4, 0.5) is 0 Å². The van der Waals surface area contributed by atoms with Crippen LogP contribution >= 0.6 is 0 Å². The molecule has 3 aromatic carbocycles. The van der Waals surface area contributed by atoms with E-state index in [1.165, 1.54) is 21.5 Å². The normalized spacial score (nSPS) is 10.5. The van der Waals surface area contributed by atoms with Crippen LogP contribution in [0.3, 0.4) is 0 Å². The highest BCUT2D eigenvalue weighted by atomic mass is 35.5. The van der Waals surface area contributed by atoms with Crippen LogP contribution in [0.25, 0.3) is 21.5 Å². The monoisotopic (exact) mass is 335 g/mol. The standard InChI is InChI=1S/C21H18NO.ClH/c1-3-7-19-15-21(10-9-17(19)5-1)23-14-13-22-12-11-18-6-2-4-8-20(18)16-22;/h1-12,15-16H,13-14H2;1H/q+1;/p-1. The van der Waals surface area contributed by atoms with Gasteiger partial charge in [-0.3, -0.25) is 0 Å². The van der Waals surface area contributed by atoms with Gasteiger partial charge in [-0.15, -0.1) is 0 Å². The van der Waals surface area contributed by atoms with Crippen LogP contribution in [-0.2, 0) is 6.54 Å². The van der Waals surface area contributed by atoms with Gasteiger partial charge in [0.15, 0.2) is 18.9 Å². The van der Waals surface area contributed by atoms with Gasteiger partial charge in [0.2, 0.25) is 0 Å². The summed E-state index contributed by atoms with van der Waals surface area (Å²) in [4.78, 5) is 0. The average Bonchev–Trinajstić information content (AvgIpc) is 2.61. The second kappa shape index (κ2) is 7.33. The van der Waals surface area contributed by atoms with E-state index in [4.69, 9.17) is 4.74 Å². The first-order valence-corrected chi connectivity index (χ1v) is 7.88. The fourth-order valence-corrected chi connectivity index (χ4v) is 2.84. The molecule has 0 spiro atoms. The molecule has 0 atom stereocenters. The van der Waals surface area contributed by atoms with Crippen LogP contribution in [-0.4, -0.2) is 6.61 Å². The van der Waals surface area contributed by atoms with Gasteiger partial charge in [0, 0.05) is 11.5 Å². The number of hydrogen-bond donors (Lipinski definition) is 0. The Balaban J connectivity index is 0.00000169. The molecule has 120 valence electrons. The third-order valence-corrected chi connectivity index (χ3v) is 4.09. The van der Waals surface area contributed by atoms with Crippen molar-refractivity contribution in [1.29, 1.82) is 0 Å². The van der Waals surface area contributed by atoms with Crippen molar-refractivity contribution in [3.05, 3.63) is 85.2 Å². The number of fused-ring (bicyclic) bond motifs is 2. The quantitative estimate of drug-likeness (QED) is 0.513. The fourth-order valence-electron chi connectivity index (χ4n) is 2.84. The molecule has 0 unspecified atom stereocenters. The van der Waals surface area contributed by atoms with Gasteiger partial charge in [-0.05, 0) is 34.4 Å². The minimum Gasteiger partial charge on any atom is -1.00 e. The molecular formula is C21H18ClNO. The van der Waals surface area contributed by atoms with E-state index in [0.717, 1.165) is 12.3 Å². The lowest BCUT2D eigenvalue weighted by molar-refractivity contribution is -0.696. The van der Waals surface area contributed by atoms with Gasteiger partial charge in [-0.25, -0.2) is 4.57 Å². The number of rotatable bonds is 4. The Morgan fingerprint density at radius 1 is 0.708 bits per heavy atom. The number of nitrogens with zero attached hydrogens (tertiary/aromatic N) is 1. The van der Waals surface area contributed by atoms with E-state index in [-0.39, 0.29) is 12.4 Å². The summed E-state index contributed by atoms with van der Waals surface area (Å²) >= 11 is 0. The second-order valence-corrected chi connectivity index (χ2v) is 5.67. The van der Waals surface area contributed by atoms with Crippen molar-refractivity contribution in [2.45, 2.75) is 6.54 Å². The summed E-state index contributed by atoms with van der Waals surface area (Å²) in [6.07, 6.45) is 4.27. The molecule has 0 aliphatic heterocycles. The molecular weight excluding hydrogens is 318 g/mol. The zero-order valence-corrected chi connectivity index (χ0v) is 14.0. The number of halogens is 1. The molecule has 0 saturated heterocycles. The zero-order chi connectivity index (χ0) is 15.5. The molecule has 1 heterocycles. The molecule has 0 aliphatic carbocycles. The number of aromatic nitrogens is 1. The first-order chi connectivity index (χ1) is 11.4. The highest BCUT2D eigenvalue weighted by molar-refractivity contribution is 5.83. The van der Waals surface area contributed by atoms with E-state index in [1.54, 1.807) is 0 Å². The van der Waals surface area contributed by atoms with Crippen LogP contribution in [0, 0.1) is 0 Å². The first kappa shape index (κ1) is 16.3. The summed E-state index contributed by atoms with van der Waals surface area (Å²) in [7, 11) is 0. The molecule has 4 rings (SSSR count). The minimum atomic E-state index is 0. The zero-order valence-electron chi connectivity index (χ0n) is 13.2. The molecule has 0 amide bonds. The Hall–Kier alpha value is -2.58. The van der Waals surface area contributed by atoms with Gasteiger partial charge < -0.3 is 17.1 Å². The molecule has 0 radical (unpaired) electrons. The predicted octanol–water partition coefficient (Wildman–Crippen LogP) is 1.36. The fraction of sp³-hybridized carbons (Fsp3) is 0.0952. The number of ether oxygens (including phenoxy) is 1. The van der Waals surface area contributed by atoms with Crippen molar-refractivity contribution in [3.63, 3.8) is 0 Å². The molecule has 0 N–H and O–H groups in total. The SMILES string of the molecule is [Cl-].c1ccc2cc(OCC[n+]3ccc4ccccc4c3)ccc2c1. The minimum absolute atomic E-state index is 0. The Kier molecular flexibility index (Phi) is 4.97. The molecule has 0 bridgehead atoms. The van der Waals surface area contributed by atoms with E-state index in [9.17, 15) is 0 Å². The summed E-state index contributed by atoms with van der Waals surface area (Å²) in [5, 5.41) is 4.96. The van der Waals surface area contributed by atoms with Gasteiger partial charge >= 0.3 is 0 Å². The summed E-state index contributed by atoms with van der Waals surface area (Å²) in [5.41, 5.74) is 0. The Bertz CT molecular complexity index is 888. The first-order valence-electron chi connectivity index (χ1n) is 7.88. The van der Waals surface area contributed by atoms with Crippen molar-refractivity contribution in [2.24, 2.45) is 0 Å². The van der Waals surface area contributed by atoms with E-state index in [0.29, 0.717) is 6.61 Å². The summed E-state index contributed by atoms with van der Waals surface area (Å²) in [6.45, 7) is 1.49. The molecule has 4 aromatic rings. The molecule has 24 heavy (non-hydrogen) atoms. The maximum atomic E-state index is 5.91. The lowest BCUT2D eigenvalue weighted by Crippen LogP contribution is -3.00. The van der Waals surface area contributed by atoms with Crippen LogP contribution in [0.5, 0.6) is 5.75 Å². The van der Waals surface area contributed by atoms with Crippen LogP contribution < -0.4 is 21.7 Å². The predicted molar refractivity (Wildman–Crippen MR) is 93.6 cm³/mol. The smallest absolute Gasteiger partial charge is 0.182 e. The van der Waals surface area contributed by atoms with Crippen molar-refractivity contribution in [2.75, 3.05) is 6.61 Å². The van der Waals surface area contributed by atoms with Crippen molar-refractivity contribution in [3.8, 4) is 5.75 Å². The van der Waals surface area contributed by atoms with Crippen molar-refractivity contribution >= 4 is 21.5 Å². The Labute approximate surface area is 147 Å². The second-order valence-electron chi connectivity index (χ2n) is 5.67. The van der Waals surface area contributed by atoms with Gasteiger partial charge in [0.05, 0.1) is 0 Å². The number of hydrogen-bond acceptors (Lipinski definition) is 1. The van der Waals surface area contributed by atoms with Crippen molar-refractivity contribution in [1.82, 2.24) is 0 Å². The Morgan fingerprint density at radius 2 is 1.38 bits per heavy atom. The molecule has 0 saturated carbocycles. The van der Waals surface area contributed by atoms with Crippen LogP contribution in [0.2, 0.25) is 0 Å². The van der Waals surface area contributed by atoms with Crippen LogP contribution in [0.15, 0.2) is 85.2 Å². The molecule has 0 aliphatic rings. The maximum Gasteiger partial charge on any atom is 0.182 e. The van der Waals surface area contributed by atoms with Gasteiger partial charge in [0.1, 0.15) is 12.4 Å².